The summed E-state index contributed by atoms with van der Waals surface area (Å²) in [5.74, 6) is 0.979. The molecular formula is C22H27F3N4OS. The third kappa shape index (κ3) is 5.64. The Kier molecular flexibility index (Phi) is 6.37. The first-order valence-corrected chi connectivity index (χ1v) is 11.1. The zero-order chi connectivity index (χ0) is 22.1. The van der Waals surface area contributed by atoms with Crippen LogP contribution in [0.3, 0.4) is 0 Å². The minimum Gasteiger partial charge on any atom is -0.378 e. The molecule has 4 rings (SSSR count). The van der Waals surface area contributed by atoms with E-state index in [1.165, 1.54) is 5.56 Å². The van der Waals surface area contributed by atoms with Gasteiger partial charge in [0.15, 0.2) is 0 Å². The Labute approximate surface area is 185 Å². The number of nitrogens with zero attached hydrogens (tertiary/aromatic N) is 4. The van der Waals surface area contributed by atoms with Gasteiger partial charge in [0.25, 0.3) is 0 Å². The van der Waals surface area contributed by atoms with Crippen LogP contribution in [0.4, 0.5) is 24.7 Å². The van der Waals surface area contributed by atoms with Gasteiger partial charge in [0.05, 0.1) is 19.9 Å². The van der Waals surface area contributed by atoms with E-state index in [9.17, 15) is 13.2 Å². The molecule has 0 N–H and O–H groups in total. The van der Waals surface area contributed by atoms with Gasteiger partial charge >= 0.3 is 5.51 Å². The molecule has 2 saturated heterocycles. The van der Waals surface area contributed by atoms with Crippen LogP contribution in [0.5, 0.6) is 0 Å². The number of hydrogen-bond donors (Lipinski definition) is 0. The fraction of sp³-hybridized carbons (Fsp3) is 0.500. The van der Waals surface area contributed by atoms with Crippen molar-refractivity contribution < 1.29 is 17.9 Å². The van der Waals surface area contributed by atoms with Crippen molar-refractivity contribution in [3.8, 4) is 0 Å². The van der Waals surface area contributed by atoms with Crippen molar-refractivity contribution in [2.45, 2.75) is 36.3 Å². The first-order chi connectivity index (χ1) is 14.7. The van der Waals surface area contributed by atoms with Gasteiger partial charge in [-0.15, -0.1) is 0 Å². The summed E-state index contributed by atoms with van der Waals surface area (Å²) in [5, 5.41) is 0. The highest BCUT2D eigenvalue weighted by Crippen LogP contribution is 2.38. The van der Waals surface area contributed by atoms with Crippen LogP contribution >= 0.6 is 11.8 Å². The van der Waals surface area contributed by atoms with E-state index >= 15 is 0 Å². The number of ether oxygens (including phenoxy) is 1. The Balaban J connectivity index is 1.43. The maximum Gasteiger partial charge on any atom is 0.446 e. The van der Waals surface area contributed by atoms with Crippen LogP contribution in [-0.4, -0.2) is 60.4 Å². The standard InChI is InChI=1S/C22H27F3N4OS/c1-21(2)15-28(18-3-5-19(6-4-18)31-22(23,24)25)16-29(21)14-17-7-8-26-20(13-17)27-9-11-30-12-10-27/h3-8,13H,9-12,14-16H2,1-2H3. The molecule has 0 amide bonds. The Morgan fingerprint density at radius 2 is 1.77 bits per heavy atom. The van der Waals surface area contributed by atoms with Crippen molar-refractivity contribution in [2.24, 2.45) is 0 Å². The first-order valence-electron chi connectivity index (χ1n) is 10.3. The Morgan fingerprint density at radius 1 is 1.06 bits per heavy atom. The summed E-state index contributed by atoms with van der Waals surface area (Å²) in [6, 6.07) is 10.8. The Bertz CT molecular complexity index is 885. The molecule has 2 aliphatic rings. The number of morpholine rings is 1. The van der Waals surface area contributed by atoms with Crippen molar-refractivity contribution >= 4 is 23.3 Å². The van der Waals surface area contributed by atoms with E-state index in [0.29, 0.717) is 6.67 Å². The maximum absolute atomic E-state index is 12.6. The van der Waals surface area contributed by atoms with Gasteiger partial charge in [-0.2, -0.15) is 13.2 Å². The highest BCUT2D eigenvalue weighted by atomic mass is 32.2. The fourth-order valence-corrected chi connectivity index (χ4v) is 4.59. The van der Waals surface area contributed by atoms with E-state index < -0.39 is 5.51 Å². The lowest BCUT2D eigenvalue weighted by Crippen LogP contribution is -2.39. The molecular weight excluding hydrogens is 425 g/mol. The topological polar surface area (TPSA) is 31.8 Å². The lowest BCUT2D eigenvalue weighted by Gasteiger charge is -2.31. The SMILES string of the molecule is CC1(C)CN(c2ccc(SC(F)(F)F)cc2)CN1Cc1ccnc(N2CCOCC2)c1. The number of hydrogen-bond acceptors (Lipinski definition) is 6. The van der Waals surface area contributed by atoms with Gasteiger partial charge < -0.3 is 14.5 Å². The molecule has 1 aromatic heterocycles. The summed E-state index contributed by atoms with van der Waals surface area (Å²) in [6.07, 6.45) is 1.86. The van der Waals surface area contributed by atoms with Crippen LogP contribution < -0.4 is 9.80 Å². The monoisotopic (exact) mass is 452 g/mol. The second kappa shape index (κ2) is 8.88. The summed E-state index contributed by atoms with van der Waals surface area (Å²) < 4.78 is 43.2. The minimum atomic E-state index is -4.27. The van der Waals surface area contributed by atoms with Crippen molar-refractivity contribution in [3.63, 3.8) is 0 Å². The summed E-state index contributed by atoms with van der Waals surface area (Å²) in [4.78, 5) is 11.6. The van der Waals surface area contributed by atoms with Gasteiger partial charge in [0.1, 0.15) is 5.82 Å². The predicted molar refractivity (Wildman–Crippen MR) is 117 cm³/mol. The van der Waals surface area contributed by atoms with Crippen LogP contribution in [0, 0.1) is 0 Å². The van der Waals surface area contributed by atoms with Gasteiger partial charge in [-0.25, -0.2) is 4.98 Å². The number of anilines is 2. The smallest absolute Gasteiger partial charge is 0.378 e. The van der Waals surface area contributed by atoms with Crippen LogP contribution in [0.2, 0.25) is 0 Å². The van der Waals surface area contributed by atoms with Crippen LogP contribution in [-0.2, 0) is 11.3 Å². The second-order valence-electron chi connectivity index (χ2n) is 8.51. The normalized spacial score (nSPS) is 19.8. The molecule has 0 aliphatic carbocycles. The molecule has 0 radical (unpaired) electrons. The van der Waals surface area contributed by atoms with E-state index in [4.69, 9.17) is 4.74 Å². The van der Waals surface area contributed by atoms with Crippen molar-refractivity contribution in [1.82, 2.24) is 9.88 Å². The van der Waals surface area contributed by atoms with E-state index in [-0.39, 0.29) is 22.2 Å². The third-order valence-corrected chi connectivity index (χ3v) is 6.47. The minimum absolute atomic E-state index is 0.0677. The van der Waals surface area contributed by atoms with Gasteiger partial charge in [-0.1, -0.05) is 0 Å². The summed E-state index contributed by atoms with van der Waals surface area (Å²) in [7, 11) is 0. The highest BCUT2D eigenvalue weighted by Gasteiger charge is 2.37. The third-order valence-electron chi connectivity index (χ3n) is 5.73. The fourth-order valence-electron chi connectivity index (χ4n) is 4.05. The molecule has 2 aliphatic heterocycles. The van der Waals surface area contributed by atoms with Gasteiger partial charge in [0.2, 0.25) is 0 Å². The summed E-state index contributed by atoms with van der Waals surface area (Å²) in [6.45, 7) is 9.85. The molecule has 168 valence electrons. The van der Waals surface area contributed by atoms with Gasteiger partial charge in [-0.05, 0) is 67.6 Å². The number of benzene rings is 1. The quantitative estimate of drug-likeness (QED) is 0.617. The molecule has 3 heterocycles. The first kappa shape index (κ1) is 22.2. The van der Waals surface area contributed by atoms with Crippen LogP contribution in [0.15, 0.2) is 47.5 Å². The molecule has 0 bridgehead atoms. The molecule has 0 spiro atoms. The Morgan fingerprint density at radius 3 is 2.45 bits per heavy atom. The zero-order valence-electron chi connectivity index (χ0n) is 17.7. The number of rotatable bonds is 5. The Hall–Kier alpha value is -1.97. The lowest BCUT2D eigenvalue weighted by atomic mass is 10.0. The second-order valence-corrected chi connectivity index (χ2v) is 9.65. The summed E-state index contributed by atoms with van der Waals surface area (Å²) >= 11 is -0.0796. The number of thioether (sulfide) groups is 1. The van der Waals surface area contributed by atoms with Gasteiger partial charge in [0, 0.05) is 48.5 Å². The highest BCUT2D eigenvalue weighted by molar-refractivity contribution is 8.00. The van der Waals surface area contributed by atoms with E-state index in [0.717, 1.165) is 50.9 Å². The molecule has 31 heavy (non-hydrogen) atoms. The van der Waals surface area contributed by atoms with Crippen LogP contribution in [0.1, 0.15) is 19.4 Å². The van der Waals surface area contributed by atoms with Crippen molar-refractivity contribution in [3.05, 3.63) is 48.2 Å². The van der Waals surface area contributed by atoms with E-state index in [1.54, 1.807) is 24.3 Å². The number of pyridine rings is 1. The maximum atomic E-state index is 12.6. The van der Waals surface area contributed by atoms with E-state index in [2.05, 4.69) is 39.6 Å². The molecule has 0 unspecified atom stereocenters. The molecule has 5 nitrogen and oxygen atoms in total. The van der Waals surface area contributed by atoms with Crippen LogP contribution in [0.25, 0.3) is 0 Å². The lowest BCUT2D eigenvalue weighted by molar-refractivity contribution is -0.0328. The number of aromatic nitrogens is 1. The molecule has 0 saturated carbocycles. The molecule has 2 fully saturated rings. The average Bonchev–Trinajstić information content (AvgIpc) is 3.02. The zero-order valence-corrected chi connectivity index (χ0v) is 18.5. The van der Waals surface area contributed by atoms with Crippen molar-refractivity contribution in [1.29, 1.82) is 0 Å². The number of alkyl halides is 3. The average molecular weight is 453 g/mol. The molecule has 1 aromatic carbocycles. The van der Waals surface area contributed by atoms with Crippen molar-refractivity contribution in [2.75, 3.05) is 49.3 Å². The van der Waals surface area contributed by atoms with Gasteiger partial charge in [-0.3, -0.25) is 4.90 Å². The molecule has 9 heteroatoms. The summed E-state index contributed by atoms with van der Waals surface area (Å²) in [5.41, 5.74) is -2.20. The molecule has 2 aromatic rings. The molecule has 0 atom stereocenters. The predicted octanol–water partition coefficient (Wildman–Crippen LogP) is 4.59. The number of halogens is 3. The van der Waals surface area contributed by atoms with E-state index in [1.807, 2.05) is 12.3 Å². The largest absolute Gasteiger partial charge is 0.446 e.